The normalized spacial score (nSPS) is 20.9. The van der Waals surface area contributed by atoms with E-state index in [9.17, 15) is 0 Å². The van der Waals surface area contributed by atoms with Crippen LogP contribution in [0.25, 0.3) is 0 Å². The van der Waals surface area contributed by atoms with Crippen LogP contribution in [0.2, 0.25) is 0 Å². The second-order valence-corrected chi connectivity index (χ2v) is 3.07. The molecule has 0 atom stereocenters. The van der Waals surface area contributed by atoms with Gasteiger partial charge in [0.15, 0.2) is 0 Å². The molecule has 0 aliphatic heterocycles. The predicted octanol–water partition coefficient (Wildman–Crippen LogP) is 2.12. The molecule has 2 aliphatic rings. The van der Waals surface area contributed by atoms with Crippen molar-refractivity contribution in [1.82, 2.24) is 0 Å². The summed E-state index contributed by atoms with van der Waals surface area (Å²) >= 11 is 0. The second kappa shape index (κ2) is 3.11. The van der Waals surface area contributed by atoms with E-state index in [2.05, 4.69) is 30.4 Å². The van der Waals surface area contributed by atoms with E-state index >= 15 is 0 Å². The molecule has 0 heterocycles. The molecule has 0 bridgehead atoms. The van der Waals surface area contributed by atoms with E-state index in [0.29, 0.717) is 0 Å². The molecule has 12 heavy (non-hydrogen) atoms. The van der Waals surface area contributed by atoms with Crippen molar-refractivity contribution in [2.24, 2.45) is 0 Å². The Morgan fingerprint density at radius 1 is 1.33 bits per heavy atom. The van der Waals surface area contributed by atoms with Gasteiger partial charge in [0.25, 0.3) is 0 Å². The van der Waals surface area contributed by atoms with E-state index in [1.165, 1.54) is 11.1 Å². The molecule has 0 amide bonds. The molecule has 0 unspecified atom stereocenters. The predicted molar refractivity (Wildman–Crippen MR) is 49.7 cm³/mol. The summed E-state index contributed by atoms with van der Waals surface area (Å²) in [6.45, 7) is 0.170. The summed E-state index contributed by atoms with van der Waals surface area (Å²) in [7, 11) is 0. The SMILES string of the molecule is OCC1=CCC=C1C1=CC=CC1. The van der Waals surface area contributed by atoms with E-state index in [0.717, 1.165) is 18.4 Å². The summed E-state index contributed by atoms with van der Waals surface area (Å²) in [6.07, 6.45) is 12.6. The maximum atomic E-state index is 9.04. The third-order valence-electron chi connectivity index (χ3n) is 2.32. The topological polar surface area (TPSA) is 20.2 Å². The number of hydrogen-bond acceptors (Lipinski definition) is 1. The summed E-state index contributed by atoms with van der Waals surface area (Å²) in [5.74, 6) is 0. The zero-order chi connectivity index (χ0) is 8.39. The van der Waals surface area contributed by atoms with Gasteiger partial charge in [-0.3, -0.25) is 0 Å². The average Bonchev–Trinajstić information content (AvgIpc) is 2.74. The van der Waals surface area contributed by atoms with Gasteiger partial charge in [0, 0.05) is 0 Å². The zero-order valence-electron chi connectivity index (χ0n) is 6.96. The van der Waals surface area contributed by atoms with Crippen LogP contribution >= 0.6 is 0 Å². The highest BCUT2D eigenvalue weighted by Gasteiger charge is 2.13. The third kappa shape index (κ3) is 1.16. The van der Waals surface area contributed by atoms with Crippen molar-refractivity contribution in [2.45, 2.75) is 12.8 Å². The van der Waals surface area contributed by atoms with E-state index in [4.69, 9.17) is 5.11 Å². The molecular formula is C11H12O. The van der Waals surface area contributed by atoms with Crippen molar-refractivity contribution < 1.29 is 5.11 Å². The molecular weight excluding hydrogens is 148 g/mol. The van der Waals surface area contributed by atoms with E-state index < -0.39 is 0 Å². The molecule has 2 aliphatic carbocycles. The summed E-state index contributed by atoms with van der Waals surface area (Å²) in [6, 6.07) is 0. The first-order valence-electron chi connectivity index (χ1n) is 4.28. The molecule has 62 valence electrons. The minimum atomic E-state index is 0.170. The summed E-state index contributed by atoms with van der Waals surface area (Å²) in [4.78, 5) is 0. The maximum Gasteiger partial charge on any atom is 0.0684 e. The Morgan fingerprint density at radius 2 is 2.25 bits per heavy atom. The highest BCUT2D eigenvalue weighted by molar-refractivity contribution is 5.53. The largest absolute Gasteiger partial charge is 0.392 e. The van der Waals surface area contributed by atoms with Gasteiger partial charge in [0.05, 0.1) is 6.61 Å². The van der Waals surface area contributed by atoms with Gasteiger partial charge in [0.2, 0.25) is 0 Å². The number of aliphatic hydroxyl groups excluding tert-OH is 1. The first kappa shape index (κ1) is 7.56. The van der Waals surface area contributed by atoms with Crippen LogP contribution in [-0.2, 0) is 0 Å². The Hall–Kier alpha value is -1.08. The van der Waals surface area contributed by atoms with Crippen molar-refractivity contribution in [3.63, 3.8) is 0 Å². The van der Waals surface area contributed by atoms with Gasteiger partial charge in [-0.1, -0.05) is 30.4 Å². The molecule has 0 saturated carbocycles. The number of allylic oxidation sites excluding steroid dienone is 6. The molecule has 1 heteroatoms. The molecule has 0 aromatic heterocycles. The lowest BCUT2D eigenvalue weighted by Gasteiger charge is -2.06. The molecule has 1 nitrogen and oxygen atoms in total. The summed E-state index contributed by atoms with van der Waals surface area (Å²) in [5.41, 5.74) is 3.68. The van der Waals surface area contributed by atoms with Crippen LogP contribution in [0.4, 0.5) is 0 Å². The van der Waals surface area contributed by atoms with Crippen LogP contribution in [-0.4, -0.2) is 11.7 Å². The summed E-state index contributed by atoms with van der Waals surface area (Å²) in [5, 5.41) is 9.04. The molecule has 1 N–H and O–H groups in total. The van der Waals surface area contributed by atoms with Crippen molar-refractivity contribution in [3.05, 3.63) is 47.1 Å². The second-order valence-electron chi connectivity index (χ2n) is 3.07. The first-order valence-corrected chi connectivity index (χ1v) is 4.28. The standard InChI is InChI=1S/C11H12O/c12-8-10-6-3-7-11(10)9-4-1-2-5-9/h1-2,4,6-7,12H,3,5,8H2. The van der Waals surface area contributed by atoms with Crippen LogP contribution in [0.15, 0.2) is 47.1 Å². The van der Waals surface area contributed by atoms with Crippen LogP contribution < -0.4 is 0 Å². The lowest BCUT2D eigenvalue weighted by atomic mass is 10.0. The van der Waals surface area contributed by atoms with Crippen molar-refractivity contribution >= 4 is 0 Å². The van der Waals surface area contributed by atoms with E-state index in [-0.39, 0.29) is 6.61 Å². The first-order chi connectivity index (χ1) is 5.92. The number of hydrogen-bond donors (Lipinski definition) is 1. The van der Waals surface area contributed by atoms with Gasteiger partial charge in [-0.25, -0.2) is 0 Å². The third-order valence-corrected chi connectivity index (χ3v) is 2.32. The molecule has 0 aromatic rings. The minimum absolute atomic E-state index is 0.170. The maximum absolute atomic E-state index is 9.04. The van der Waals surface area contributed by atoms with Gasteiger partial charge in [0.1, 0.15) is 0 Å². The molecule has 0 fully saturated rings. The fourth-order valence-electron chi connectivity index (χ4n) is 1.69. The van der Waals surface area contributed by atoms with Crippen LogP contribution in [0.5, 0.6) is 0 Å². The smallest absolute Gasteiger partial charge is 0.0684 e. The van der Waals surface area contributed by atoms with Crippen molar-refractivity contribution in [3.8, 4) is 0 Å². The Morgan fingerprint density at radius 3 is 2.92 bits per heavy atom. The number of aliphatic hydroxyl groups is 1. The Balaban J connectivity index is 2.20. The fourth-order valence-corrected chi connectivity index (χ4v) is 1.69. The molecule has 2 rings (SSSR count). The van der Waals surface area contributed by atoms with Gasteiger partial charge >= 0.3 is 0 Å². The molecule has 0 aromatic carbocycles. The number of rotatable bonds is 2. The zero-order valence-corrected chi connectivity index (χ0v) is 6.96. The molecule has 0 radical (unpaired) electrons. The summed E-state index contributed by atoms with van der Waals surface area (Å²) < 4.78 is 0. The van der Waals surface area contributed by atoms with Gasteiger partial charge in [-0.05, 0) is 29.6 Å². The monoisotopic (exact) mass is 160 g/mol. The molecule has 0 spiro atoms. The van der Waals surface area contributed by atoms with Gasteiger partial charge in [-0.2, -0.15) is 0 Å². The van der Waals surface area contributed by atoms with Crippen molar-refractivity contribution in [2.75, 3.05) is 6.61 Å². The average molecular weight is 160 g/mol. The quantitative estimate of drug-likeness (QED) is 0.656. The molecule has 0 saturated heterocycles. The lowest BCUT2D eigenvalue weighted by Crippen LogP contribution is -1.94. The van der Waals surface area contributed by atoms with Crippen LogP contribution in [0.3, 0.4) is 0 Å². The Labute approximate surface area is 72.4 Å². The van der Waals surface area contributed by atoms with Crippen LogP contribution in [0.1, 0.15) is 12.8 Å². The van der Waals surface area contributed by atoms with Gasteiger partial charge in [-0.15, -0.1) is 0 Å². The van der Waals surface area contributed by atoms with Gasteiger partial charge < -0.3 is 5.11 Å². The lowest BCUT2D eigenvalue weighted by molar-refractivity contribution is 0.334. The Bertz CT molecular complexity index is 303. The van der Waals surface area contributed by atoms with E-state index in [1.54, 1.807) is 0 Å². The Kier molecular flexibility index (Phi) is 1.96. The van der Waals surface area contributed by atoms with E-state index in [1.807, 2.05) is 0 Å². The minimum Gasteiger partial charge on any atom is -0.392 e. The van der Waals surface area contributed by atoms with Crippen molar-refractivity contribution in [1.29, 1.82) is 0 Å². The van der Waals surface area contributed by atoms with Crippen LogP contribution in [0, 0.1) is 0 Å². The highest BCUT2D eigenvalue weighted by Crippen LogP contribution is 2.29. The fraction of sp³-hybridized carbons (Fsp3) is 0.273. The highest BCUT2D eigenvalue weighted by atomic mass is 16.3.